The molecule has 0 N–H and O–H groups in total. The Morgan fingerprint density at radius 1 is 0.236 bits per heavy atom. The summed E-state index contributed by atoms with van der Waals surface area (Å²) in [6.45, 7) is 0. The Balaban J connectivity index is 0.872. The monoisotopic (exact) mass is 1130 g/mol. The third kappa shape index (κ3) is 7.67. The van der Waals surface area contributed by atoms with Gasteiger partial charge in [-0.05, 0) is 137 Å². The zero-order valence-corrected chi connectivity index (χ0v) is 48.4. The minimum Gasteiger partial charge on any atom is -0.453 e. The zero-order valence-electron chi connectivity index (χ0n) is 48.4. The Labute approximate surface area is 514 Å². The van der Waals surface area contributed by atoms with Gasteiger partial charge in [0.1, 0.15) is 11.2 Å². The normalized spacial score (nSPS) is 12.6. The Morgan fingerprint density at radius 3 is 1.17 bits per heavy atom. The van der Waals surface area contributed by atoms with Gasteiger partial charge in [0.25, 0.3) is 0 Å². The number of anilines is 6. The highest BCUT2D eigenvalue weighted by Gasteiger charge is 2.49. The maximum Gasteiger partial charge on any atom is 0.159 e. The lowest BCUT2D eigenvalue weighted by Crippen LogP contribution is -2.29. The first kappa shape index (κ1) is 50.6. The Morgan fingerprint density at radius 2 is 0.652 bits per heavy atom. The Kier molecular flexibility index (Phi) is 11.5. The van der Waals surface area contributed by atoms with Crippen LogP contribution in [-0.4, -0.2) is 0 Å². The average Bonchev–Trinajstić information content (AvgIpc) is 1.53. The average molecular weight is 1140 g/mol. The number of hydrogen-bond donors (Lipinski definition) is 0. The van der Waals surface area contributed by atoms with E-state index >= 15 is 0 Å². The molecule has 0 unspecified atom stereocenters. The number of benzene rings is 15. The van der Waals surface area contributed by atoms with E-state index in [9.17, 15) is 0 Å². The van der Waals surface area contributed by atoms with Crippen LogP contribution in [0.5, 0.6) is 0 Å². The summed E-state index contributed by atoms with van der Waals surface area (Å²) in [6.07, 6.45) is 0. The SMILES string of the molecule is c1ccc(-c2cccc3c2oc2c(N(c4ccccc4)c4ccc5c6c(ccc5c4)-c4c(c5ccc(N(c7ccccc7)c7cccc8c7oc7c(-c9ccccc9)cccc78)cc5c5ccccc45)C6(c4ccccc4)c4ccccc4)cccc23)cc1. The maximum atomic E-state index is 7.17. The molecule has 4 heteroatoms. The molecule has 0 atom stereocenters. The van der Waals surface area contributed by atoms with Gasteiger partial charge in [0, 0.05) is 55.4 Å². The molecule has 0 radical (unpaired) electrons. The molecule has 1 aliphatic rings. The first-order valence-electron chi connectivity index (χ1n) is 30.6. The second-order valence-electron chi connectivity index (χ2n) is 23.4. The third-order valence-corrected chi connectivity index (χ3v) is 18.6. The van der Waals surface area contributed by atoms with Crippen LogP contribution in [0.4, 0.5) is 34.1 Å². The summed E-state index contributed by atoms with van der Waals surface area (Å²) in [5, 5.41) is 11.4. The summed E-state index contributed by atoms with van der Waals surface area (Å²) >= 11 is 0. The molecule has 1 aliphatic carbocycles. The number of para-hydroxylation sites is 6. The largest absolute Gasteiger partial charge is 0.453 e. The molecule has 2 aromatic heterocycles. The fraction of sp³-hybridized carbons (Fsp3) is 0.0118. The first-order valence-corrected chi connectivity index (χ1v) is 30.6. The number of furan rings is 2. The Hall–Kier alpha value is -11.7. The molecule has 0 spiro atoms. The van der Waals surface area contributed by atoms with Crippen LogP contribution in [0.15, 0.2) is 336 Å². The molecule has 0 aliphatic heterocycles. The van der Waals surface area contributed by atoms with Gasteiger partial charge in [-0.1, -0.05) is 267 Å². The van der Waals surface area contributed by atoms with Crippen molar-refractivity contribution in [2.24, 2.45) is 0 Å². The van der Waals surface area contributed by atoms with Gasteiger partial charge in [0.2, 0.25) is 0 Å². The second-order valence-corrected chi connectivity index (χ2v) is 23.4. The summed E-state index contributed by atoms with van der Waals surface area (Å²) < 4.78 is 14.3. The highest BCUT2D eigenvalue weighted by molar-refractivity contribution is 6.22. The van der Waals surface area contributed by atoms with Crippen molar-refractivity contribution < 1.29 is 8.83 Å². The fourth-order valence-corrected chi connectivity index (χ4v) is 15.0. The van der Waals surface area contributed by atoms with E-state index in [1.807, 2.05) is 0 Å². The van der Waals surface area contributed by atoms with Gasteiger partial charge in [0.05, 0.1) is 16.8 Å². The first-order chi connectivity index (χ1) is 44.2. The summed E-state index contributed by atoms with van der Waals surface area (Å²) in [7, 11) is 0. The van der Waals surface area contributed by atoms with Gasteiger partial charge in [-0.15, -0.1) is 0 Å². The van der Waals surface area contributed by atoms with Crippen LogP contribution >= 0.6 is 0 Å². The quantitative estimate of drug-likeness (QED) is 0.128. The molecule has 0 saturated carbocycles. The zero-order chi connectivity index (χ0) is 58.6. The second kappa shape index (κ2) is 20.2. The van der Waals surface area contributed by atoms with E-state index in [0.717, 1.165) is 106 Å². The van der Waals surface area contributed by atoms with Crippen LogP contribution in [-0.2, 0) is 5.41 Å². The van der Waals surface area contributed by atoms with E-state index in [0.29, 0.717) is 0 Å². The van der Waals surface area contributed by atoms with Gasteiger partial charge in [-0.25, -0.2) is 0 Å². The summed E-state index contributed by atoms with van der Waals surface area (Å²) in [5.74, 6) is 0. The molecule has 0 saturated heterocycles. The van der Waals surface area contributed by atoms with Crippen LogP contribution in [0, 0.1) is 0 Å². The molecule has 0 amide bonds. The van der Waals surface area contributed by atoms with Crippen molar-refractivity contribution in [2.75, 3.05) is 9.80 Å². The van der Waals surface area contributed by atoms with Crippen molar-refractivity contribution in [1.82, 2.24) is 0 Å². The van der Waals surface area contributed by atoms with Crippen molar-refractivity contribution >= 4 is 110 Å². The predicted molar refractivity (Wildman–Crippen MR) is 371 cm³/mol. The molecule has 17 aromatic rings. The summed E-state index contributed by atoms with van der Waals surface area (Å²) in [5.41, 5.74) is 20.6. The summed E-state index contributed by atoms with van der Waals surface area (Å²) in [6, 6.07) is 119. The molecule has 4 nitrogen and oxygen atoms in total. The molecule has 416 valence electrons. The predicted octanol–water partition coefficient (Wildman–Crippen LogP) is 23.6. The van der Waals surface area contributed by atoms with Gasteiger partial charge < -0.3 is 18.6 Å². The smallest absolute Gasteiger partial charge is 0.159 e. The molecular weight excluding hydrogens is 1080 g/mol. The lowest BCUT2D eigenvalue weighted by molar-refractivity contribution is 0.670. The minimum absolute atomic E-state index is 0.761. The van der Waals surface area contributed by atoms with Crippen LogP contribution in [0.1, 0.15) is 22.3 Å². The highest BCUT2D eigenvalue weighted by Crippen LogP contribution is 2.62. The topological polar surface area (TPSA) is 32.8 Å². The van der Waals surface area contributed by atoms with Crippen LogP contribution in [0.2, 0.25) is 0 Å². The van der Waals surface area contributed by atoms with Crippen molar-refractivity contribution in [3.63, 3.8) is 0 Å². The maximum absolute atomic E-state index is 7.17. The molecular formula is C85H54N2O2. The molecule has 2 heterocycles. The third-order valence-electron chi connectivity index (χ3n) is 18.6. The Bertz CT molecular complexity index is 5560. The van der Waals surface area contributed by atoms with E-state index in [2.05, 4.69) is 337 Å². The summed E-state index contributed by atoms with van der Waals surface area (Å²) in [4.78, 5) is 4.75. The van der Waals surface area contributed by atoms with Crippen molar-refractivity contribution in [1.29, 1.82) is 0 Å². The molecule has 89 heavy (non-hydrogen) atoms. The molecule has 0 fully saturated rings. The minimum atomic E-state index is -0.761. The van der Waals surface area contributed by atoms with E-state index in [1.54, 1.807) is 0 Å². The van der Waals surface area contributed by atoms with E-state index in [1.165, 1.54) is 60.3 Å². The fourth-order valence-electron chi connectivity index (χ4n) is 15.0. The van der Waals surface area contributed by atoms with Gasteiger partial charge in [0.15, 0.2) is 11.2 Å². The molecule has 15 aromatic carbocycles. The lowest BCUT2D eigenvalue weighted by Gasteiger charge is -2.36. The van der Waals surface area contributed by atoms with E-state index in [-0.39, 0.29) is 0 Å². The van der Waals surface area contributed by atoms with Crippen molar-refractivity contribution in [3.05, 3.63) is 350 Å². The van der Waals surface area contributed by atoms with Crippen LogP contribution in [0.25, 0.3) is 110 Å². The van der Waals surface area contributed by atoms with Crippen molar-refractivity contribution in [3.8, 4) is 33.4 Å². The van der Waals surface area contributed by atoms with E-state index < -0.39 is 5.41 Å². The van der Waals surface area contributed by atoms with E-state index in [4.69, 9.17) is 8.83 Å². The standard InChI is InChI=1S/C85H54N2O2/c1-7-25-55(26-8-1)65-39-21-41-70-72-43-23-45-76(83(72)88-81(65)70)86(60-33-15-5-16-34-60)62-48-51-64-57(53-62)47-50-74-78-68-38-20-19-37-67(68)75-54-63(49-52-69(75)80(78)85(79(64)74,58-29-11-3-12-30-58)59-31-13-4-14-32-59)87(61-35-17-6-18-36-61)77-46-24-44-73-71-42-22-40-66(82(71)89-84(73)77)56-27-9-2-10-28-56/h1-54H. The molecule has 18 rings (SSSR count). The van der Waals surface area contributed by atoms with Gasteiger partial charge >= 0.3 is 0 Å². The highest BCUT2D eigenvalue weighted by atomic mass is 16.3. The number of nitrogens with zero attached hydrogens (tertiary/aromatic N) is 2. The molecule has 0 bridgehead atoms. The number of fused-ring (bicyclic) bond motifs is 16. The van der Waals surface area contributed by atoms with Crippen molar-refractivity contribution in [2.45, 2.75) is 5.41 Å². The van der Waals surface area contributed by atoms with Gasteiger partial charge in [-0.3, -0.25) is 0 Å². The lowest BCUT2D eigenvalue weighted by atomic mass is 9.65. The van der Waals surface area contributed by atoms with Gasteiger partial charge in [-0.2, -0.15) is 0 Å². The van der Waals surface area contributed by atoms with Crippen LogP contribution < -0.4 is 9.80 Å². The van der Waals surface area contributed by atoms with Crippen LogP contribution in [0.3, 0.4) is 0 Å². The number of hydrogen-bond acceptors (Lipinski definition) is 4. The number of rotatable bonds is 10.